The molecule has 8 nitrogen and oxygen atoms in total. The third kappa shape index (κ3) is 5.23. The second-order valence-electron chi connectivity index (χ2n) is 8.26. The molecule has 33 heavy (non-hydrogen) atoms. The predicted molar refractivity (Wildman–Crippen MR) is 125 cm³/mol. The first kappa shape index (κ1) is 22.9. The lowest BCUT2D eigenvalue weighted by atomic mass is 10.1. The lowest BCUT2D eigenvalue weighted by Crippen LogP contribution is -2.46. The van der Waals surface area contributed by atoms with Crippen LogP contribution in [0.4, 0.5) is 0 Å². The van der Waals surface area contributed by atoms with Gasteiger partial charge in [0.05, 0.1) is 18.3 Å². The number of rotatable bonds is 6. The van der Waals surface area contributed by atoms with E-state index in [1.54, 1.807) is 36.4 Å². The first-order valence-corrected chi connectivity index (χ1v) is 11.2. The van der Waals surface area contributed by atoms with Crippen molar-refractivity contribution < 1.29 is 9.53 Å². The average Bonchev–Trinajstić information content (AvgIpc) is 3.28. The molecule has 1 saturated heterocycles. The van der Waals surface area contributed by atoms with E-state index in [-0.39, 0.29) is 24.9 Å². The van der Waals surface area contributed by atoms with E-state index < -0.39 is 17.2 Å². The van der Waals surface area contributed by atoms with Crippen molar-refractivity contribution in [2.75, 3.05) is 13.2 Å². The van der Waals surface area contributed by atoms with Crippen LogP contribution < -0.4 is 16.6 Å². The van der Waals surface area contributed by atoms with Crippen LogP contribution in [-0.2, 0) is 11.3 Å². The third-order valence-corrected chi connectivity index (χ3v) is 5.71. The molecule has 1 aliphatic rings. The van der Waals surface area contributed by atoms with Gasteiger partial charge in [-0.05, 0) is 67.6 Å². The lowest BCUT2D eigenvalue weighted by molar-refractivity contribution is 0.0849. The minimum absolute atomic E-state index is 0.0441. The van der Waals surface area contributed by atoms with E-state index in [1.165, 1.54) is 0 Å². The highest BCUT2D eigenvalue weighted by molar-refractivity contribution is 6.30. The molecule has 0 bridgehead atoms. The monoisotopic (exact) mass is 468 g/mol. The zero-order valence-electron chi connectivity index (χ0n) is 18.5. The Kier molecular flexibility index (Phi) is 6.76. The van der Waals surface area contributed by atoms with Crippen molar-refractivity contribution in [1.29, 1.82) is 0 Å². The first-order valence-electron chi connectivity index (χ1n) is 10.8. The van der Waals surface area contributed by atoms with E-state index >= 15 is 0 Å². The van der Waals surface area contributed by atoms with Gasteiger partial charge in [-0.1, -0.05) is 29.8 Å². The van der Waals surface area contributed by atoms with Crippen molar-refractivity contribution in [1.82, 2.24) is 19.7 Å². The molecular weight excluding hydrogens is 444 g/mol. The second kappa shape index (κ2) is 9.72. The van der Waals surface area contributed by atoms with E-state index in [4.69, 9.17) is 16.3 Å². The van der Waals surface area contributed by atoms with E-state index in [2.05, 4.69) is 10.4 Å². The summed E-state index contributed by atoms with van der Waals surface area (Å²) in [6.45, 7) is 4.69. The molecule has 1 atom stereocenters. The zero-order chi connectivity index (χ0) is 23.5. The van der Waals surface area contributed by atoms with E-state index in [1.807, 2.05) is 19.9 Å². The van der Waals surface area contributed by atoms with Crippen LogP contribution in [0.25, 0.3) is 5.69 Å². The van der Waals surface area contributed by atoms with Gasteiger partial charge in [0.15, 0.2) is 0 Å². The van der Waals surface area contributed by atoms with E-state index in [9.17, 15) is 14.4 Å². The number of aromatic nitrogens is 3. The fourth-order valence-electron chi connectivity index (χ4n) is 3.95. The van der Waals surface area contributed by atoms with Crippen LogP contribution in [0.1, 0.15) is 40.0 Å². The highest BCUT2D eigenvalue weighted by Crippen LogP contribution is 2.13. The van der Waals surface area contributed by atoms with Gasteiger partial charge in [0.25, 0.3) is 11.5 Å². The molecular formula is C24H25ClN4O4. The molecule has 2 aromatic carbocycles. The Labute approximate surface area is 195 Å². The molecule has 4 rings (SSSR count). The Hall–Kier alpha value is -3.23. The Morgan fingerprint density at radius 3 is 2.61 bits per heavy atom. The maximum atomic E-state index is 13.3. The minimum atomic E-state index is -0.759. The summed E-state index contributed by atoms with van der Waals surface area (Å²) >= 11 is 6.08. The third-order valence-electron chi connectivity index (χ3n) is 5.47. The summed E-state index contributed by atoms with van der Waals surface area (Å²) in [4.78, 5) is 39.4. The van der Waals surface area contributed by atoms with E-state index in [0.29, 0.717) is 22.9 Å². The van der Waals surface area contributed by atoms with Crippen molar-refractivity contribution in [2.45, 2.75) is 39.3 Å². The van der Waals surface area contributed by atoms with Gasteiger partial charge < -0.3 is 10.1 Å². The molecule has 0 aliphatic carbocycles. The van der Waals surface area contributed by atoms with Gasteiger partial charge in [-0.15, -0.1) is 0 Å². The average molecular weight is 469 g/mol. The van der Waals surface area contributed by atoms with Crippen LogP contribution in [0.2, 0.25) is 5.02 Å². The highest BCUT2D eigenvalue weighted by Gasteiger charge is 2.23. The summed E-state index contributed by atoms with van der Waals surface area (Å²) < 4.78 is 7.65. The van der Waals surface area contributed by atoms with Gasteiger partial charge in [0.1, 0.15) is 0 Å². The van der Waals surface area contributed by atoms with Crippen LogP contribution in [0, 0.1) is 13.8 Å². The highest BCUT2D eigenvalue weighted by atomic mass is 35.5. The van der Waals surface area contributed by atoms with Gasteiger partial charge in [0.2, 0.25) is 5.69 Å². The van der Waals surface area contributed by atoms with Crippen LogP contribution >= 0.6 is 11.6 Å². The largest absolute Gasteiger partial charge is 0.376 e. The maximum absolute atomic E-state index is 13.3. The van der Waals surface area contributed by atoms with Gasteiger partial charge in [-0.25, -0.2) is 4.79 Å². The summed E-state index contributed by atoms with van der Waals surface area (Å²) in [5.41, 5.74) is 1.24. The Morgan fingerprint density at radius 1 is 1.18 bits per heavy atom. The Morgan fingerprint density at radius 2 is 1.94 bits per heavy atom. The predicted octanol–water partition coefficient (Wildman–Crippen LogP) is 2.62. The van der Waals surface area contributed by atoms with Gasteiger partial charge in [-0.3, -0.25) is 14.2 Å². The summed E-state index contributed by atoms with van der Waals surface area (Å²) in [5, 5.41) is 7.39. The number of aryl methyl sites for hydroxylation is 2. The normalized spacial score (nSPS) is 15.5. The molecule has 1 aromatic heterocycles. The molecule has 9 heteroatoms. The quantitative estimate of drug-likeness (QED) is 0.600. The number of ether oxygens (including phenoxy) is 1. The molecule has 1 fully saturated rings. The number of hydrogen-bond donors (Lipinski definition) is 1. The Bertz CT molecular complexity index is 1290. The van der Waals surface area contributed by atoms with Crippen LogP contribution in [0.3, 0.4) is 0 Å². The van der Waals surface area contributed by atoms with E-state index in [0.717, 1.165) is 33.2 Å². The van der Waals surface area contributed by atoms with Gasteiger partial charge in [-0.2, -0.15) is 9.78 Å². The fraction of sp³-hybridized carbons (Fsp3) is 0.333. The molecule has 1 N–H and O–H groups in total. The fourth-order valence-corrected chi connectivity index (χ4v) is 4.16. The van der Waals surface area contributed by atoms with Crippen molar-refractivity contribution in [2.24, 2.45) is 0 Å². The standard InChI is InChI=1S/C24H25ClN4O4/c1-15-9-16(2)11-19(10-15)29-24(32)28(14-17-5-3-6-18(25)12-17)23(31)21(27-29)22(30)26-13-20-7-4-8-33-20/h3,5-6,9-12,20H,4,7-8,13-14H2,1-2H3,(H,26,30)/t20-/m1/s1. The smallest absolute Gasteiger partial charge is 0.352 e. The molecule has 0 saturated carbocycles. The van der Waals surface area contributed by atoms with Crippen molar-refractivity contribution in [3.63, 3.8) is 0 Å². The molecule has 0 unspecified atom stereocenters. The summed E-state index contributed by atoms with van der Waals surface area (Å²) in [5.74, 6) is -0.645. The lowest BCUT2D eigenvalue weighted by Gasteiger charge is -2.14. The summed E-state index contributed by atoms with van der Waals surface area (Å²) in [6.07, 6.45) is 1.69. The number of halogens is 1. The SMILES string of the molecule is Cc1cc(C)cc(-n2nc(C(=O)NC[C@H]3CCCO3)c(=O)n(Cc3cccc(Cl)c3)c2=O)c1. The zero-order valence-corrected chi connectivity index (χ0v) is 19.3. The topological polar surface area (TPSA) is 95.2 Å². The molecule has 0 spiro atoms. The minimum Gasteiger partial charge on any atom is -0.376 e. The number of hydrogen-bond acceptors (Lipinski definition) is 5. The number of nitrogens with one attached hydrogen (secondary N) is 1. The second-order valence-corrected chi connectivity index (χ2v) is 8.69. The molecule has 3 aromatic rings. The van der Waals surface area contributed by atoms with Crippen LogP contribution in [-0.4, -0.2) is 39.5 Å². The number of benzene rings is 2. The van der Waals surface area contributed by atoms with Gasteiger partial charge >= 0.3 is 5.69 Å². The molecule has 172 valence electrons. The molecule has 1 aliphatic heterocycles. The summed E-state index contributed by atoms with van der Waals surface area (Å²) in [6, 6.07) is 12.4. The molecule has 1 amide bonds. The van der Waals surface area contributed by atoms with Crippen molar-refractivity contribution in [3.05, 3.63) is 90.7 Å². The maximum Gasteiger partial charge on any atom is 0.352 e. The van der Waals surface area contributed by atoms with Crippen LogP contribution in [0.5, 0.6) is 0 Å². The molecule has 2 heterocycles. The number of carbonyl (C=O) groups excluding carboxylic acids is 1. The summed E-state index contributed by atoms with van der Waals surface area (Å²) in [7, 11) is 0. The van der Waals surface area contributed by atoms with Crippen molar-refractivity contribution in [3.8, 4) is 5.69 Å². The van der Waals surface area contributed by atoms with Gasteiger partial charge in [0, 0.05) is 18.2 Å². The number of amides is 1. The van der Waals surface area contributed by atoms with Crippen LogP contribution in [0.15, 0.2) is 52.1 Å². The number of carbonyl (C=O) groups is 1. The Balaban J connectivity index is 1.80. The molecule has 0 radical (unpaired) electrons. The van der Waals surface area contributed by atoms with Crippen molar-refractivity contribution >= 4 is 17.5 Å². The first-order chi connectivity index (χ1) is 15.8. The number of nitrogens with zero attached hydrogens (tertiary/aromatic N) is 3.